The van der Waals surface area contributed by atoms with Crippen molar-refractivity contribution in [2.75, 3.05) is 6.61 Å². The van der Waals surface area contributed by atoms with Crippen LogP contribution in [0.15, 0.2) is 0 Å². The molecule has 1 nitrogen and oxygen atoms in total. The molecule has 2 atom stereocenters. The van der Waals surface area contributed by atoms with E-state index in [1.807, 2.05) is 13.8 Å². The SMILES string of the molecule is CC(S)[C@H](C)CO. The molecule has 0 fully saturated rings. The van der Waals surface area contributed by atoms with Crippen LogP contribution in [0.3, 0.4) is 0 Å². The Morgan fingerprint density at radius 2 is 2.00 bits per heavy atom. The highest BCUT2D eigenvalue weighted by Gasteiger charge is 2.03. The standard InChI is InChI=1S/C5H12OS/c1-4(3-6)5(2)7/h4-7H,3H2,1-2H3/t4-,5?/m1/s1. The lowest BCUT2D eigenvalue weighted by Gasteiger charge is -2.08. The molecule has 0 saturated carbocycles. The van der Waals surface area contributed by atoms with Crippen LogP contribution in [-0.4, -0.2) is 17.0 Å². The minimum absolute atomic E-state index is 0.241. The van der Waals surface area contributed by atoms with Gasteiger partial charge in [0, 0.05) is 11.9 Å². The molecule has 0 saturated heterocycles. The maximum atomic E-state index is 8.46. The largest absolute Gasteiger partial charge is 0.396 e. The van der Waals surface area contributed by atoms with Crippen molar-refractivity contribution in [2.24, 2.45) is 5.92 Å². The lowest BCUT2D eigenvalue weighted by molar-refractivity contribution is 0.238. The highest BCUT2D eigenvalue weighted by atomic mass is 32.1. The second-order valence-electron chi connectivity index (χ2n) is 1.90. The second kappa shape index (κ2) is 3.33. The van der Waals surface area contributed by atoms with Gasteiger partial charge in [-0.2, -0.15) is 12.6 Å². The van der Waals surface area contributed by atoms with E-state index in [-0.39, 0.29) is 6.61 Å². The van der Waals surface area contributed by atoms with Gasteiger partial charge in [-0.1, -0.05) is 13.8 Å². The Kier molecular flexibility index (Phi) is 3.48. The average Bonchev–Trinajstić information content (AvgIpc) is 1.65. The van der Waals surface area contributed by atoms with Crippen LogP contribution in [0.4, 0.5) is 0 Å². The van der Waals surface area contributed by atoms with Gasteiger partial charge in [0.05, 0.1) is 0 Å². The summed E-state index contributed by atoms with van der Waals surface area (Å²) in [7, 11) is 0. The van der Waals surface area contributed by atoms with E-state index in [2.05, 4.69) is 12.6 Å². The number of hydrogen-bond donors (Lipinski definition) is 2. The molecule has 44 valence electrons. The molecule has 0 aromatic heterocycles. The van der Waals surface area contributed by atoms with Crippen LogP contribution in [0.1, 0.15) is 13.8 Å². The summed E-state index contributed by atoms with van der Waals surface area (Å²) in [6.07, 6.45) is 0. The molecular weight excluding hydrogens is 108 g/mol. The lowest BCUT2D eigenvalue weighted by Crippen LogP contribution is -2.10. The average molecular weight is 120 g/mol. The van der Waals surface area contributed by atoms with Crippen molar-refractivity contribution in [1.29, 1.82) is 0 Å². The molecular formula is C5H12OS. The van der Waals surface area contributed by atoms with Crippen LogP contribution in [0.25, 0.3) is 0 Å². The Labute approximate surface area is 50.1 Å². The third-order valence-electron chi connectivity index (χ3n) is 1.11. The summed E-state index contributed by atoms with van der Waals surface area (Å²) in [5, 5.41) is 8.77. The summed E-state index contributed by atoms with van der Waals surface area (Å²) >= 11 is 4.11. The zero-order valence-corrected chi connectivity index (χ0v) is 5.65. The molecule has 0 bridgehead atoms. The van der Waals surface area contributed by atoms with Gasteiger partial charge in [0.15, 0.2) is 0 Å². The predicted molar refractivity (Wildman–Crippen MR) is 34.7 cm³/mol. The maximum absolute atomic E-state index is 8.46. The molecule has 0 aromatic rings. The molecule has 2 heteroatoms. The third kappa shape index (κ3) is 2.94. The van der Waals surface area contributed by atoms with E-state index in [1.165, 1.54) is 0 Å². The summed E-state index contributed by atoms with van der Waals surface area (Å²) in [5.74, 6) is 0.323. The second-order valence-corrected chi connectivity index (χ2v) is 2.72. The van der Waals surface area contributed by atoms with Crippen molar-refractivity contribution in [1.82, 2.24) is 0 Å². The first-order chi connectivity index (χ1) is 3.18. The highest BCUT2D eigenvalue weighted by molar-refractivity contribution is 7.80. The maximum Gasteiger partial charge on any atom is 0.0467 e. The molecule has 0 aliphatic rings. The van der Waals surface area contributed by atoms with Gasteiger partial charge < -0.3 is 5.11 Å². The number of thiol groups is 1. The summed E-state index contributed by atoms with van der Waals surface area (Å²) < 4.78 is 0. The molecule has 0 aromatic carbocycles. The molecule has 0 radical (unpaired) electrons. The van der Waals surface area contributed by atoms with E-state index >= 15 is 0 Å². The first-order valence-electron chi connectivity index (χ1n) is 2.47. The van der Waals surface area contributed by atoms with Crippen molar-refractivity contribution in [3.63, 3.8) is 0 Å². The Morgan fingerprint density at radius 3 is 2.00 bits per heavy atom. The fourth-order valence-electron chi connectivity index (χ4n) is 0.153. The first-order valence-corrected chi connectivity index (χ1v) is 2.99. The van der Waals surface area contributed by atoms with Gasteiger partial charge >= 0.3 is 0 Å². The minimum atomic E-state index is 0.241. The van der Waals surface area contributed by atoms with Crippen LogP contribution in [0.5, 0.6) is 0 Å². The van der Waals surface area contributed by atoms with Gasteiger partial charge in [-0.25, -0.2) is 0 Å². The summed E-state index contributed by atoms with van der Waals surface area (Å²) in [4.78, 5) is 0. The third-order valence-corrected chi connectivity index (χ3v) is 1.62. The van der Waals surface area contributed by atoms with Crippen molar-refractivity contribution >= 4 is 12.6 Å². The first kappa shape index (κ1) is 7.31. The topological polar surface area (TPSA) is 20.2 Å². The van der Waals surface area contributed by atoms with Crippen molar-refractivity contribution in [3.05, 3.63) is 0 Å². The van der Waals surface area contributed by atoms with Gasteiger partial charge in [0.2, 0.25) is 0 Å². The van der Waals surface area contributed by atoms with Gasteiger partial charge in [-0.15, -0.1) is 0 Å². The monoisotopic (exact) mass is 120 g/mol. The van der Waals surface area contributed by atoms with Gasteiger partial charge in [-0.3, -0.25) is 0 Å². The predicted octanol–water partition coefficient (Wildman–Crippen LogP) is 0.933. The van der Waals surface area contributed by atoms with Gasteiger partial charge in [0.25, 0.3) is 0 Å². The normalized spacial score (nSPS) is 18.9. The molecule has 0 aliphatic carbocycles. The fraction of sp³-hybridized carbons (Fsp3) is 1.00. The van der Waals surface area contributed by atoms with Gasteiger partial charge in [-0.05, 0) is 5.92 Å². The molecule has 1 N–H and O–H groups in total. The highest BCUT2D eigenvalue weighted by Crippen LogP contribution is 2.05. The smallest absolute Gasteiger partial charge is 0.0467 e. The van der Waals surface area contributed by atoms with Crippen LogP contribution < -0.4 is 0 Å². The van der Waals surface area contributed by atoms with Crippen LogP contribution >= 0.6 is 12.6 Å². The summed E-state index contributed by atoms with van der Waals surface area (Å²) in [6.45, 7) is 4.19. The molecule has 0 aliphatic heterocycles. The zero-order chi connectivity index (χ0) is 5.86. The number of aliphatic hydroxyl groups excluding tert-OH is 1. The lowest BCUT2D eigenvalue weighted by atomic mass is 10.1. The fourth-order valence-corrected chi connectivity index (χ4v) is 0.247. The Bertz CT molecular complexity index is 45.3. The number of rotatable bonds is 2. The quantitative estimate of drug-likeness (QED) is 0.519. The zero-order valence-electron chi connectivity index (χ0n) is 4.76. The summed E-state index contributed by atoms with van der Waals surface area (Å²) in [6, 6.07) is 0. The van der Waals surface area contributed by atoms with Crippen molar-refractivity contribution < 1.29 is 5.11 Å². The summed E-state index contributed by atoms with van der Waals surface area (Å²) in [5.41, 5.74) is 0. The molecule has 0 rings (SSSR count). The van der Waals surface area contributed by atoms with E-state index in [1.54, 1.807) is 0 Å². The van der Waals surface area contributed by atoms with Crippen LogP contribution in [0.2, 0.25) is 0 Å². The molecule has 7 heavy (non-hydrogen) atoms. The Hall–Kier alpha value is 0.310. The molecule has 1 unspecified atom stereocenters. The Balaban J connectivity index is 3.14. The van der Waals surface area contributed by atoms with E-state index in [4.69, 9.17) is 5.11 Å². The van der Waals surface area contributed by atoms with Crippen molar-refractivity contribution in [2.45, 2.75) is 19.1 Å². The number of hydrogen-bond acceptors (Lipinski definition) is 2. The molecule has 0 heterocycles. The van der Waals surface area contributed by atoms with Crippen molar-refractivity contribution in [3.8, 4) is 0 Å². The van der Waals surface area contributed by atoms with E-state index in [0.717, 1.165) is 0 Å². The molecule has 0 amide bonds. The van der Waals surface area contributed by atoms with Crippen LogP contribution in [-0.2, 0) is 0 Å². The van der Waals surface area contributed by atoms with Crippen LogP contribution in [0, 0.1) is 5.92 Å². The minimum Gasteiger partial charge on any atom is -0.396 e. The van der Waals surface area contributed by atoms with E-state index in [9.17, 15) is 0 Å². The van der Waals surface area contributed by atoms with E-state index < -0.39 is 0 Å². The van der Waals surface area contributed by atoms with Gasteiger partial charge in [0.1, 0.15) is 0 Å². The molecule has 0 spiro atoms. The Morgan fingerprint density at radius 1 is 1.57 bits per heavy atom. The van der Waals surface area contributed by atoms with E-state index in [0.29, 0.717) is 11.2 Å². The number of aliphatic hydroxyl groups is 1.